The molecule has 4 rings (SSSR count). The van der Waals surface area contributed by atoms with E-state index in [1.165, 1.54) is 23.5 Å². The second-order valence-corrected chi connectivity index (χ2v) is 7.22. The van der Waals surface area contributed by atoms with Gasteiger partial charge in [0.15, 0.2) is 10.8 Å². The van der Waals surface area contributed by atoms with Gasteiger partial charge in [-0.3, -0.25) is 9.67 Å². The van der Waals surface area contributed by atoms with Crippen molar-refractivity contribution in [2.45, 2.75) is 13.0 Å². The number of aliphatic imine (C=N–C) groups is 1. The van der Waals surface area contributed by atoms with Crippen LogP contribution in [0.1, 0.15) is 29.2 Å². The summed E-state index contributed by atoms with van der Waals surface area (Å²) < 4.78 is 15.3. The maximum atomic E-state index is 13.5. The molecule has 2 aromatic heterocycles. The van der Waals surface area contributed by atoms with Crippen molar-refractivity contribution in [3.05, 3.63) is 74.8 Å². The first-order chi connectivity index (χ1) is 12.5. The predicted molar refractivity (Wildman–Crippen MR) is 102 cm³/mol. The van der Waals surface area contributed by atoms with Crippen molar-refractivity contribution in [1.82, 2.24) is 20.1 Å². The molecular weight excluding hydrogens is 373 g/mol. The topological polar surface area (TPSA) is 55.1 Å². The second-order valence-electron chi connectivity index (χ2n) is 5.92. The van der Waals surface area contributed by atoms with E-state index >= 15 is 0 Å². The molecule has 0 aliphatic carbocycles. The number of thiazole rings is 1. The molecule has 0 saturated carbocycles. The molecule has 1 unspecified atom stereocenters. The normalized spacial score (nSPS) is 17.2. The lowest BCUT2D eigenvalue weighted by Crippen LogP contribution is -2.29. The van der Waals surface area contributed by atoms with Crippen LogP contribution in [0.3, 0.4) is 0 Å². The van der Waals surface area contributed by atoms with Gasteiger partial charge >= 0.3 is 0 Å². The molecule has 3 heterocycles. The van der Waals surface area contributed by atoms with Gasteiger partial charge in [-0.2, -0.15) is 5.10 Å². The Morgan fingerprint density at radius 2 is 2.15 bits per heavy atom. The largest absolute Gasteiger partial charge is 0.341 e. The Bertz CT molecular complexity index is 1020. The first-order valence-electron chi connectivity index (χ1n) is 7.93. The molecular formula is C18H15ClFN5S. The Morgan fingerprint density at radius 3 is 2.81 bits per heavy atom. The molecule has 132 valence electrons. The molecule has 1 aliphatic heterocycles. The highest BCUT2D eigenvalue weighted by Gasteiger charge is 2.29. The van der Waals surface area contributed by atoms with E-state index in [0.29, 0.717) is 10.9 Å². The van der Waals surface area contributed by atoms with Crippen molar-refractivity contribution >= 4 is 34.3 Å². The number of hydrogen-bond acceptors (Lipinski definition) is 5. The van der Waals surface area contributed by atoms with E-state index in [4.69, 9.17) is 16.6 Å². The van der Waals surface area contributed by atoms with Gasteiger partial charge in [0, 0.05) is 46.7 Å². The fourth-order valence-corrected chi connectivity index (χ4v) is 3.82. The van der Waals surface area contributed by atoms with Crippen LogP contribution in [-0.4, -0.2) is 20.6 Å². The van der Waals surface area contributed by atoms with Crippen molar-refractivity contribution in [3.8, 4) is 0 Å². The molecule has 5 nitrogen and oxygen atoms in total. The molecule has 0 amide bonds. The predicted octanol–water partition coefficient (Wildman–Crippen LogP) is 4.19. The van der Waals surface area contributed by atoms with Crippen molar-refractivity contribution in [2.75, 3.05) is 0 Å². The molecule has 0 saturated heterocycles. The van der Waals surface area contributed by atoms with E-state index in [-0.39, 0.29) is 5.82 Å². The molecule has 3 aromatic rings. The minimum absolute atomic E-state index is 0.334. The van der Waals surface area contributed by atoms with Crippen molar-refractivity contribution in [2.24, 2.45) is 12.0 Å². The van der Waals surface area contributed by atoms with Crippen LogP contribution in [0.15, 0.2) is 52.7 Å². The fraction of sp³-hybridized carbons (Fsp3) is 0.167. The first-order valence-corrected chi connectivity index (χ1v) is 9.19. The van der Waals surface area contributed by atoms with Gasteiger partial charge < -0.3 is 5.32 Å². The molecule has 1 N–H and O–H groups in total. The number of aryl methyl sites for hydroxylation is 1. The maximum absolute atomic E-state index is 13.5. The number of rotatable bonds is 3. The maximum Gasteiger partial charge on any atom is 0.163 e. The summed E-state index contributed by atoms with van der Waals surface area (Å²) in [6, 6.07) is 5.90. The monoisotopic (exact) mass is 387 g/mol. The van der Waals surface area contributed by atoms with Crippen molar-refractivity contribution in [3.63, 3.8) is 0 Å². The zero-order chi connectivity index (χ0) is 18.3. The van der Waals surface area contributed by atoms with Gasteiger partial charge in [0.2, 0.25) is 0 Å². The van der Waals surface area contributed by atoms with Crippen LogP contribution in [0.4, 0.5) is 4.39 Å². The molecule has 0 spiro atoms. The quantitative estimate of drug-likeness (QED) is 0.733. The highest BCUT2D eigenvalue weighted by atomic mass is 35.5. The van der Waals surface area contributed by atoms with Gasteiger partial charge in [-0.1, -0.05) is 17.7 Å². The Kier molecular flexibility index (Phi) is 4.34. The zero-order valence-corrected chi connectivity index (χ0v) is 15.6. The van der Waals surface area contributed by atoms with Crippen LogP contribution >= 0.6 is 22.9 Å². The SMILES string of the molecule is CC1=C(c2ccn(C)n2)C(c2ccc(F)cc2Cl)N=C(c2nccs2)N1. The van der Waals surface area contributed by atoms with Gasteiger partial charge in [-0.05, 0) is 25.1 Å². The smallest absolute Gasteiger partial charge is 0.163 e. The molecule has 1 atom stereocenters. The van der Waals surface area contributed by atoms with Crippen LogP contribution in [0.25, 0.3) is 5.57 Å². The molecule has 26 heavy (non-hydrogen) atoms. The number of hydrogen-bond donors (Lipinski definition) is 1. The summed E-state index contributed by atoms with van der Waals surface area (Å²) >= 11 is 7.85. The van der Waals surface area contributed by atoms with Crippen LogP contribution in [0.5, 0.6) is 0 Å². The van der Waals surface area contributed by atoms with Gasteiger partial charge in [0.05, 0.1) is 5.69 Å². The third kappa shape index (κ3) is 3.04. The van der Waals surface area contributed by atoms with Crippen LogP contribution in [0, 0.1) is 5.82 Å². The number of amidine groups is 1. The van der Waals surface area contributed by atoms with Gasteiger partial charge in [-0.25, -0.2) is 9.37 Å². The van der Waals surface area contributed by atoms with Gasteiger partial charge in [0.1, 0.15) is 11.9 Å². The lowest BCUT2D eigenvalue weighted by Gasteiger charge is -2.26. The average Bonchev–Trinajstić information content (AvgIpc) is 3.26. The van der Waals surface area contributed by atoms with E-state index in [1.807, 2.05) is 31.6 Å². The lowest BCUT2D eigenvalue weighted by atomic mass is 9.93. The Hall–Kier alpha value is -2.51. The van der Waals surface area contributed by atoms with Gasteiger partial charge in [0.25, 0.3) is 0 Å². The minimum atomic E-state index is -0.404. The molecule has 8 heteroatoms. The molecule has 0 bridgehead atoms. The van der Waals surface area contributed by atoms with E-state index in [2.05, 4.69) is 15.4 Å². The summed E-state index contributed by atoms with van der Waals surface area (Å²) in [5, 5.41) is 10.8. The standard InChI is InChI=1S/C18H15ClFN5S/c1-10-15(14-5-7-25(2)24-14)16(12-4-3-11(20)9-13(12)19)23-17(22-10)18-21-6-8-26-18/h3-9,16H,1-2H3,(H,22,23). The van der Waals surface area contributed by atoms with Crippen LogP contribution < -0.4 is 5.32 Å². The van der Waals surface area contributed by atoms with Crippen molar-refractivity contribution in [1.29, 1.82) is 0 Å². The van der Waals surface area contributed by atoms with E-state index < -0.39 is 6.04 Å². The number of aromatic nitrogens is 3. The highest BCUT2D eigenvalue weighted by molar-refractivity contribution is 7.11. The summed E-state index contributed by atoms with van der Waals surface area (Å²) in [4.78, 5) is 9.17. The summed E-state index contributed by atoms with van der Waals surface area (Å²) in [6.07, 6.45) is 3.61. The average molecular weight is 388 g/mol. The van der Waals surface area contributed by atoms with E-state index in [1.54, 1.807) is 16.9 Å². The third-order valence-corrected chi connectivity index (χ3v) is 5.23. The van der Waals surface area contributed by atoms with E-state index in [0.717, 1.165) is 27.5 Å². The zero-order valence-electron chi connectivity index (χ0n) is 14.1. The lowest BCUT2D eigenvalue weighted by molar-refractivity contribution is 0.626. The van der Waals surface area contributed by atoms with Crippen molar-refractivity contribution < 1.29 is 4.39 Å². The summed E-state index contributed by atoms with van der Waals surface area (Å²) in [5.41, 5.74) is 3.34. The molecule has 1 aliphatic rings. The number of benzene rings is 1. The second kappa shape index (κ2) is 6.66. The number of nitrogens with one attached hydrogen (secondary N) is 1. The minimum Gasteiger partial charge on any atom is -0.341 e. The number of allylic oxidation sites excluding steroid dienone is 1. The summed E-state index contributed by atoms with van der Waals surface area (Å²) in [6.45, 7) is 1.97. The Morgan fingerprint density at radius 1 is 1.31 bits per heavy atom. The molecule has 0 fully saturated rings. The van der Waals surface area contributed by atoms with Crippen LogP contribution in [-0.2, 0) is 7.05 Å². The molecule has 1 aromatic carbocycles. The Labute approximate surface area is 158 Å². The van der Waals surface area contributed by atoms with Gasteiger partial charge in [-0.15, -0.1) is 11.3 Å². The highest BCUT2D eigenvalue weighted by Crippen LogP contribution is 2.40. The summed E-state index contributed by atoms with van der Waals surface area (Å²) in [5.74, 6) is 0.291. The summed E-state index contributed by atoms with van der Waals surface area (Å²) in [7, 11) is 1.86. The molecule has 0 radical (unpaired) electrons. The Balaban J connectivity index is 1.88. The third-order valence-electron chi connectivity index (χ3n) is 4.12. The first kappa shape index (κ1) is 16.9. The van der Waals surface area contributed by atoms with E-state index in [9.17, 15) is 4.39 Å². The number of nitrogens with zero attached hydrogens (tertiary/aromatic N) is 4. The number of halogens is 2. The fourth-order valence-electron chi connectivity index (χ4n) is 2.96. The van der Waals surface area contributed by atoms with Crippen LogP contribution in [0.2, 0.25) is 5.02 Å².